The topological polar surface area (TPSA) is 99.3 Å². The van der Waals surface area contributed by atoms with E-state index in [1.165, 1.54) is 19.4 Å². The Hall–Kier alpha value is -2.20. The fraction of sp³-hybridized carbons (Fsp3) is 0.455. The van der Waals surface area contributed by atoms with Gasteiger partial charge in [0.25, 0.3) is 0 Å². The van der Waals surface area contributed by atoms with E-state index in [1.807, 2.05) is 6.07 Å². The number of nitriles is 1. The molecule has 18 heavy (non-hydrogen) atoms. The van der Waals surface area contributed by atoms with Crippen LogP contribution in [0.4, 0.5) is 5.82 Å². The number of ether oxygens (including phenoxy) is 1. The fourth-order valence-corrected chi connectivity index (χ4v) is 2.06. The van der Waals surface area contributed by atoms with E-state index in [0.29, 0.717) is 24.3 Å². The van der Waals surface area contributed by atoms with Crippen molar-refractivity contribution >= 4 is 11.8 Å². The largest absolute Gasteiger partial charge is 0.480 e. The number of carbonyl (C=O) groups is 1. The van der Waals surface area contributed by atoms with Crippen molar-refractivity contribution in [3.8, 4) is 6.07 Å². The molecule has 0 amide bonds. The van der Waals surface area contributed by atoms with Gasteiger partial charge in [0.1, 0.15) is 12.1 Å². The summed E-state index contributed by atoms with van der Waals surface area (Å²) < 4.78 is 5.18. The highest BCUT2D eigenvalue weighted by atomic mass is 16.5. The molecular formula is C11H12N4O3. The molecule has 7 nitrogen and oxygen atoms in total. The molecule has 2 unspecified atom stereocenters. The number of aliphatic carboxylic acids is 1. The molecular weight excluding hydrogens is 236 g/mol. The SMILES string of the molecule is COC1CC(C(=O)O)N(c2nnccc2C#N)C1. The molecule has 1 saturated heterocycles. The van der Waals surface area contributed by atoms with Gasteiger partial charge in [0.15, 0.2) is 5.82 Å². The van der Waals surface area contributed by atoms with Crippen molar-refractivity contribution in [2.45, 2.75) is 18.6 Å². The molecule has 0 radical (unpaired) electrons. The molecule has 7 heteroatoms. The van der Waals surface area contributed by atoms with Gasteiger partial charge in [-0.3, -0.25) is 0 Å². The number of methoxy groups -OCH3 is 1. The van der Waals surface area contributed by atoms with Crippen LogP contribution in [-0.2, 0) is 9.53 Å². The average molecular weight is 248 g/mol. The first-order chi connectivity index (χ1) is 8.67. The van der Waals surface area contributed by atoms with Crippen LogP contribution in [0, 0.1) is 11.3 Å². The van der Waals surface area contributed by atoms with Crippen molar-refractivity contribution in [1.82, 2.24) is 10.2 Å². The Morgan fingerprint density at radius 1 is 1.72 bits per heavy atom. The van der Waals surface area contributed by atoms with E-state index < -0.39 is 12.0 Å². The standard InChI is InChI=1S/C11H12N4O3/c1-18-8-4-9(11(16)17)15(6-8)10-7(5-12)2-3-13-14-10/h2-3,8-9H,4,6H2,1H3,(H,16,17). The van der Waals surface area contributed by atoms with Crippen molar-refractivity contribution in [3.63, 3.8) is 0 Å². The van der Waals surface area contributed by atoms with E-state index in [-0.39, 0.29) is 6.10 Å². The number of anilines is 1. The lowest BCUT2D eigenvalue weighted by Crippen LogP contribution is -2.37. The number of carboxylic acids is 1. The lowest BCUT2D eigenvalue weighted by atomic mass is 10.2. The van der Waals surface area contributed by atoms with Crippen molar-refractivity contribution in [3.05, 3.63) is 17.8 Å². The average Bonchev–Trinajstić information content (AvgIpc) is 2.83. The minimum Gasteiger partial charge on any atom is -0.480 e. The summed E-state index contributed by atoms with van der Waals surface area (Å²) in [5, 5.41) is 25.8. The molecule has 2 atom stereocenters. The summed E-state index contributed by atoms with van der Waals surface area (Å²) in [5.74, 6) is -0.656. The van der Waals surface area contributed by atoms with Gasteiger partial charge in [-0.1, -0.05) is 0 Å². The number of nitrogens with zero attached hydrogens (tertiary/aromatic N) is 4. The highest BCUT2D eigenvalue weighted by Crippen LogP contribution is 2.27. The number of hydrogen-bond acceptors (Lipinski definition) is 6. The predicted octanol–water partition coefficient (Wildman–Crippen LogP) is 0.0266. The van der Waals surface area contributed by atoms with Crippen LogP contribution >= 0.6 is 0 Å². The van der Waals surface area contributed by atoms with Crippen molar-refractivity contribution in [2.24, 2.45) is 0 Å². The highest BCUT2D eigenvalue weighted by Gasteiger charge is 2.38. The third-order valence-corrected chi connectivity index (χ3v) is 2.97. The molecule has 0 aromatic carbocycles. The van der Waals surface area contributed by atoms with Gasteiger partial charge in [-0.15, -0.1) is 5.10 Å². The number of aromatic nitrogens is 2. The Bertz CT molecular complexity index is 499. The number of hydrogen-bond donors (Lipinski definition) is 1. The van der Waals surface area contributed by atoms with Gasteiger partial charge < -0.3 is 14.7 Å². The quantitative estimate of drug-likeness (QED) is 0.805. The second-order valence-electron chi connectivity index (χ2n) is 3.98. The number of rotatable bonds is 3. The van der Waals surface area contributed by atoms with Crippen LogP contribution in [0.2, 0.25) is 0 Å². The van der Waals surface area contributed by atoms with E-state index in [4.69, 9.17) is 10.00 Å². The van der Waals surface area contributed by atoms with E-state index >= 15 is 0 Å². The maximum absolute atomic E-state index is 11.2. The summed E-state index contributed by atoms with van der Waals surface area (Å²) in [6, 6.07) is 2.76. The summed E-state index contributed by atoms with van der Waals surface area (Å²) in [6.07, 6.45) is 1.59. The Labute approximate surface area is 104 Å². The molecule has 0 bridgehead atoms. The molecule has 1 aliphatic heterocycles. The highest BCUT2D eigenvalue weighted by molar-refractivity contribution is 5.79. The maximum atomic E-state index is 11.2. The first kappa shape index (κ1) is 12.3. The maximum Gasteiger partial charge on any atom is 0.326 e. The smallest absolute Gasteiger partial charge is 0.326 e. The molecule has 2 heterocycles. The molecule has 1 aromatic heterocycles. The van der Waals surface area contributed by atoms with Crippen LogP contribution in [0.15, 0.2) is 12.3 Å². The Kier molecular flexibility index (Phi) is 3.39. The monoisotopic (exact) mass is 248 g/mol. The zero-order valence-corrected chi connectivity index (χ0v) is 9.78. The second-order valence-corrected chi connectivity index (χ2v) is 3.98. The third kappa shape index (κ3) is 2.10. The number of carboxylic acid groups (broad SMARTS) is 1. The summed E-state index contributed by atoms with van der Waals surface area (Å²) in [4.78, 5) is 12.8. The summed E-state index contributed by atoms with van der Waals surface area (Å²) in [6.45, 7) is 0.390. The van der Waals surface area contributed by atoms with Gasteiger partial charge in [-0.2, -0.15) is 10.4 Å². The molecule has 1 fully saturated rings. The van der Waals surface area contributed by atoms with Crippen LogP contribution in [0.25, 0.3) is 0 Å². The minimum atomic E-state index is -0.955. The Morgan fingerprint density at radius 2 is 2.50 bits per heavy atom. The third-order valence-electron chi connectivity index (χ3n) is 2.97. The molecule has 1 N–H and O–H groups in total. The Morgan fingerprint density at radius 3 is 3.11 bits per heavy atom. The van der Waals surface area contributed by atoms with Crippen LogP contribution in [-0.4, -0.2) is 47.1 Å². The van der Waals surface area contributed by atoms with Crippen LogP contribution in [0.1, 0.15) is 12.0 Å². The molecule has 0 saturated carbocycles. The Balaban J connectivity index is 2.36. The molecule has 1 aliphatic rings. The normalized spacial score (nSPS) is 22.8. The van der Waals surface area contributed by atoms with Crippen LogP contribution < -0.4 is 4.90 Å². The molecule has 94 valence electrons. The van der Waals surface area contributed by atoms with E-state index in [1.54, 1.807) is 4.90 Å². The molecule has 0 aliphatic carbocycles. The zero-order chi connectivity index (χ0) is 13.1. The summed E-state index contributed by atoms with van der Waals surface area (Å²) in [7, 11) is 1.54. The molecule has 2 rings (SSSR count). The molecule has 0 spiro atoms. The predicted molar refractivity (Wildman–Crippen MR) is 60.9 cm³/mol. The van der Waals surface area contributed by atoms with Gasteiger partial charge in [0.05, 0.1) is 17.9 Å². The lowest BCUT2D eigenvalue weighted by molar-refractivity contribution is -0.138. The first-order valence-corrected chi connectivity index (χ1v) is 5.41. The lowest BCUT2D eigenvalue weighted by Gasteiger charge is -2.22. The summed E-state index contributed by atoms with van der Waals surface area (Å²) >= 11 is 0. The fourth-order valence-electron chi connectivity index (χ4n) is 2.06. The van der Waals surface area contributed by atoms with Gasteiger partial charge in [0, 0.05) is 20.1 Å². The van der Waals surface area contributed by atoms with E-state index in [0.717, 1.165) is 0 Å². The summed E-state index contributed by atoms with van der Waals surface area (Å²) in [5.41, 5.74) is 0.313. The van der Waals surface area contributed by atoms with Crippen molar-refractivity contribution in [2.75, 3.05) is 18.6 Å². The van der Waals surface area contributed by atoms with Crippen molar-refractivity contribution in [1.29, 1.82) is 5.26 Å². The van der Waals surface area contributed by atoms with E-state index in [9.17, 15) is 9.90 Å². The molecule has 1 aromatic rings. The minimum absolute atomic E-state index is 0.181. The van der Waals surface area contributed by atoms with E-state index in [2.05, 4.69) is 10.2 Å². The first-order valence-electron chi connectivity index (χ1n) is 5.41. The van der Waals surface area contributed by atoms with Gasteiger partial charge in [-0.05, 0) is 6.07 Å². The van der Waals surface area contributed by atoms with Gasteiger partial charge in [-0.25, -0.2) is 4.79 Å². The van der Waals surface area contributed by atoms with Crippen LogP contribution in [0.5, 0.6) is 0 Å². The van der Waals surface area contributed by atoms with Gasteiger partial charge in [0.2, 0.25) is 0 Å². The zero-order valence-electron chi connectivity index (χ0n) is 9.78. The van der Waals surface area contributed by atoms with Crippen LogP contribution in [0.3, 0.4) is 0 Å². The van der Waals surface area contributed by atoms with Crippen molar-refractivity contribution < 1.29 is 14.6 Å². The van der Waals surface area contributed by atoms with Gasteiger partial charge >= 0.3 is 5.97 Å². The second kappa shape index (κ2) is 4.98.